The molecular weight excluding hydrogens is 234 g/mol. The molecule has 2 amide bonds. The van der Waals surface area contributed by atoms with Crippen molar-refractivity contribution in [1.82, 2.24) is 10.3 Å². The number of nitrogens with zero attached hydrogens (tertiary/aromatic N) is 2. The first-order chi connectivity index (χ1) is 8.49. The van der Waals surface area contributed by atoms with Gasteiger partial charge in [0, 0.05) is 6.20 Å². The second-order valence-corrected chi connectivity index (χ2v) is 4.34. The molecular formula is C12H15N3O3. The van der Waals surface area contributed by atoms with Crippen LogP contribution >= 0.6 is 0 Å². The minimum absolute atomic E-state index is 0.0865. The SMILES string of the molecule is CC1C(=O)NC(=O)CN1c1cc([C@H](C)O)ccn1. The van der Waals surface area contributed by atoms with Crippen molar-refractivity contribution in [2.45, 2.75) is 26.0 Å². The molecule has 1 fully saturated rings. The molecule has 0 aromatic carbocycles. The van der Waals surface area contributed by atoms with Gasteiger partial charge < -0.3 is 10.0 Å². The van der Waals surface area contributed by atoms with Crippen LogP contribution in [0.4, 0.5) is 5.82 Å². The normalized spacial score (nSPS) is 21.7. The monoisotopic (exact) mass is 249 g/mol. The largest absolute Gasteiger partial charge is 0.389 e. The lowest BCUT2D eigenvalue weighted by molar-refractivity contribution is -0.132. The summed E-state index contributed by atoms with van der Waals surface area (Å²) in [6.45, 7) is 3.44. The van der Waals surface area contributed by atoms with Gasteiger partial charge in [0.05, 0.1) is 12.6 Å². The smallest absolute Gasteiger partial charge is 0.249 e. The highest BCUT2D eigenvalue weighted by atomic mass is 16.3. The predicted octanol–water partition coefficient (Wildman–Crippen LogP) is -0.0138. The number of hydrogen-bond donors (Lipinski definition) is 2. The van der Waals surface area contributed by atoms with Crippen LogP contribution in [-0.2, 0) is 9.59 Å². The van der Waals surface area contributed by atoms with Gasteiger partial charge in [-0.3, -0.25) is 14.9 Å². The second-order valence-electron chi connectivity index (χ2n) is 4.34. The number of aliphatic hydroxyl groups is 1. The maximum atomic E-state index is 11.6. The minimum atomic E-state index is -0.614. The first-order valence-corrected chi connectivity index (χ1v) is 5.73. The molecule has 1 aromatic rings. The molecule has 96 valence electrons. The summed E-state index contributed by atoms with van der Waals surface area (Å²) in [5.41, 5.74) is 0.700. The number of hydrogen-bond acceptors (Lipinski definition) is 5. The molecule has 1 aromatic heterocycles. The zero-order chi connectivity index (χ0) is 13.3. The summed E-state index contributed by atoms with van der Waals surface area (Å²) in [5.74, 6) is -0.165. The van der Waals surface area contributed by atoms with Gasteiger partial charge in [0.2, 0.25) is 11.8 Å². The molecule has 1 unspecified atom stereocenters. The molecule has 18 heavy (non-hydrogen) atoms. The van der Waals surface area contributed by atoms with Crippen molar-refractivity contribution in [2.24, 2.45) is 0 Å². The zero-order valence-electron chi connectivity index (χ0n) is 10.3. The van der Waals surface area contributed by atoms with Crippen molar-refractivity contribution < 1.29 is 14.7 Å². The molecule has 2 rings (SSSR count). The Hall–Kier alpha value is -1.95. The summed E-state index contributed by atoms with van der Waals surface area (Å²) < 4.78 is 0. The summed E-state index contributed by atoms with van der Waals surface area (Å²) in [7, 11) is 0. The number of amides is 2. The van der Waals surface area contributed by atoms with Crippen LogP contribution in [0.3, 0.4) is 0 Å². The fraction of sp³-hybridized carbons (Fsp3) is 0.417. The number of imide groups is 1. The average molecular weight is 249 g/mol. The van der Waals surface area contributed by atoms with E-state index in [1.54, 1.807) is 37.1 Å². The number of pyridine rings is 1. The van der Waals surface area contributed by atoms with E-state index < -0.39 is 12.1 Å². The Labute approximate surface area is 105 Å². The Morgan fingerprint density at radius 2 is 2.28 bits per heavy atom. The fourth-order valence-corrected chi connectivity index (χ4v) is 1.85. The lowest BCUT2D eigenvalue weighted by Gasteiger charge is -2.32. The van der Waals surface area contributed by atoms with E-state index in [9.17, 15) is 14.7 Å². The van der Waals surface area contributed by atoms with Gasteiger partial charge >= 0.3 is 0 Å². The maximum absolute atomic E-state index is 11.6. The van der Waals surface area contributed by atoms with Gasteiger partial charge in [-0.2, -0.15) is 0 Å². The molecule has 0 radical (unpaired) electrons. The number of carbonyl (C=O) groups excluding carboxylic acids is 2. The van der Waals surface area contributed by atoms with Crippen LogP contribution < -0.4 is 10.2 Å². The van der Waals surface area contributed by atoms with Crippen molar-refractivity contribution in [3.8, 4) is 0 Å². The Morgan fingerprint density at radius 1 is 1.56 bits per heavy atom. The van der Waals surface area contributed by atoms with E-state index in [0.29, 0.717) is 11.4 Å². The molecule has 6 nitrogen and oxygen atoms in total. The molecule has 1 aliphatic rings. The molecule has 0 bridgehead atoms. The van der Waals surface area contributed by atoms with Crippen molar-refractivity contribution >= 4 is 17.6 Å². The van der Waals surface area contributed by atoms with Gasteiger partial charge in [-0.15, -0.1) is 0 Å². The highest BCUT2D eigenvalue weighted by molar-refractivity contribution is 6.04. The summed E-state index contributed by atoms with van der Waals surface area (Å²) in [6.07, 6.45) is 0.942. The van der Waals surface area contributed by atoms with Crippen LogP contribution in [0.25, 0.3) is 0 Å². The Morgan fingerprint density at radius 3 is 2.94 bits per heavy atom. The average Bonchev–Trinajstić information content (AvgIpc) is 2.34. The van der Waals surface area contributed by atoms with Crippen molar-refractivity contribution in [3.05, 3.63) is 23.9 Å². The summed E-state index contributed by atoms with van der Waals surface area (Å²) in [4.78, 5) is 28.7. The maximum Gasteiger partial charge on any atom is 0.249 e. The number of nitrogens with one attached hydrogen (secondary N) is 1. The van der Waals surface area contributed by atoms with E-state index in [1.165, 1.54) is 0 Å². The predicted molar refractivity (Wildman–Crippen MR) is 64.8 cm³/mol. The Kier molecular flexibility index (Phi) is 3.29. The van der Waals surface area contributed by atoms with Crippen LogP contribution in [0.5, 0.6) is 0 Å². The van der Waals surface area contributed by atoms with Gasteiger partial charge in [-0.1, -0.05) is 0 Å². The quantitative estimate of drug-likeness (QED) is 0.720. The van der Waals surface area contributed by atoms with Crippen molar-refractivity contribution in [1.29, 1.82) is 0 Å². The minimum Gasteiger partial charge on any atom is -0.389 e. The number of rotatable bonds is 2. The molecule has 0 aliphatic carbocycles. The molecule has 2 N–H and O–H groups in total. The number of anilines is 1. The molecule has 0 saturated carbocycles. The second kappa shape index (κ2) is 4.73. The van der Waals surface area contributed by atoms with E-state index in [-0.39, 0.29) is 18.4 Å². The topological polar surface area (TPSA) is 82.5 Å². The van der Waals surface area contributed by atoms with Crippen LogP contribution in [0.1, 0.15) is 25.5 Å². The zero-order valence-corrected chi connectivity index (χ0v) is 10.3. The van der Waals surface area contributed by atoms with Gasteiger partial charge in [0.15, 0.2) is 0 Å². The Balaban J connectivity index is 2.32. The number of carbonyl (C=O) groups is 2. The molecule has 2 heterocycles. The Bertz CT molecular complexity index is 487. The van der Waals surface area contributed by atoms with Crippen LogP contribution in [0.2, 0.25) is 0 Å². The highest BCUT2D eigenvalue weighted by Crippen LogP contribution is 2.20. The lowest BCUT2D eigenvalue weighted by atomic mass is 10.1. The summed E-state index contributed by atoms with van der Waals surface area (Å²) in [6, 6.07) is 2.93. The molecule has 1 aliphatic heterocycles. The van der Waals surface area contributed by atoms with E-state index in [4.69, 9.17) is 0 Å². The van der Waals surface area contributed by atoms with Crippen molar-refractivity contribution in [3.63, 3.8) is 0 Å². The molecule has 6 heteroatoms. The first-order valence-electron chi connectivity index (χ1n) is 5.73. The van der Waals surface area contributed by atoms with Gasteiger partial charge in [-0.05, 0) is 31.5 Å². The van der Waals surface area contributed by atoms with E-state index in [1.807, 2.05) is 0 Å². The molecule has 0 spiro atoms. The molecule has 2 atom stereocenters. The fourth-order valence-electron chi connectivity index (χ4n) is 1.85. The van der Waals surface area contributed by atoms with Crippen molar-refractivity contribution in [2.75, 3.05) is 11.4 Å². The van der Waals surface area contributed by atoms with E-state index in [0.717, 1.165) is 0 Å². The summed E-state index contributed by atoms with van der Waals surface area (Å²) in [5, 5.41) is 11.8. The lowest BCUT2D eigenvalue weighted by Crippen LogP contribution is -2.57. The third kappa shape index (κ3) is 2.33. The third-order valence-corrected chi connectivity index (χ3v) is 2.97. The molecule has 1 saturated heterocycles. The standard InChI is InChI=1S/C12H15N3O3/c1-7-12(18)14-11(17)6-15(7)10-5-9(8(2)16)3-4-13-10/h3-5,7-8,16H,6H2,1-2H3,(H,14,17,18)/t7?,8-/m0/s1. The van der Waals surface area contributed by atoms with Gasteiger partial charge in [0.25, 0.3) is 0 Å². The van der Waals surface area contributed by atoms with Crippen LogP contribution in [0, 0.1) is 0 Å². The highest BCUT2D eigenvalue weighted by Gasteiger charge is 2.31. The number of piperazine rings is 1. The van der Waals surface area contributed by atoms with Gasteiger partial charge in [-0.25, -0.2) is 4.98 Å². The number of aromatic nitrogens is 1. The van der Waals surface area contributed by atoms with Crippen LogP contribution in [-0.4, -0.2) is 34.5 Å². The van der Waals surface area contributed by atoms with E-state index in [2.05, 4.69) is 10.3 Å². The van der Waals surface area contributed by atoms with Crippen LogP contribution in [0.15, 0.2) is 18.3 Å². The van der Waals surface area contributed by atoms with E-state index >= 15 is 0 Å². The number of aliphatic hydroxyl groups excluding tert-OH is 1. The third-order valence-electron chi connectivity index (χ3n) is 2.97. The summed E-state index contributed by atoms with van der Waals surface area (Å²) >= 11 is 0. The van der Waals surface area contributed by atoms with Gasteiger partial charge in [0.1, 0.15) is 11.9 Å². The first kappa shape index (κ1) is 12.5.